The number of anilines is 4. The van der Waals surface area contributed by atoms with Gasteiger partial charge >= 0.3 is 11.5 Å². The fourth-order valence-electron chi connectivity index (χ4n) is 10.7. The zero-order chi connectivity index (χ0) is 65.2. The SMILES string of the molecule is CCOC(=O)C1CCN(c2ccc(NC(=O)c3ccc(-c4ccc(Cl)cc4)c([C@@H](O)C4CCN(c5ccc(C(=O)NS(=O)(=O)c6ccc(N[C@H](CCN(C)CCO[Si](C)(C)C(C)(C)C)CSc7ccccc7)c(S(=O)(=O)C(F)(F)F)c6)cc5)CC4)c3)cc2)CC1. The van der Waals surface area contributed by atoms with Crippen molar-refractivity contribution in [1.82, 2.24) is 9.62 Å². The van der Waals surface area contributed by atoms with Crippen LogP contribution in [0.2, 0.25) is 23.2 Å². The van der Waals surface area contributed by atoms with E-state index in [1.165, 1.54) is 23.9 Å². The second-order valence-corrected chi connectivity index (χ2v) is 34.3. The molecule has 8 rings (SSSR count). The number of hydrogen-bond donors (Lipinski definition) is 4. The summed E-state index contributed by atoms with van der Waals surface area (Å²) in [6.45, 7) is 16.8. The molecule has 2 aliphatic rings. The van der Waals surface area contributed by atoms with Crippen LogP contribution in [0.15, 0.2) is 154 Å². The molecule has 16 nitrogen and oxygen atoms in total. The van der Waals surface area contributed by atoms with Gasteiger partial charge in [-0.2, -0.15) is 13.2 Å². The Morgan fingerprint density at radius 1 is 0.767 bits per heavy atom. The maximum Gasteiger partial charge on any atom is 0.501 e. The van der Waals surface area contributed by atoms with Gasteiger partial charge in [-0.3, -0.25) is 14.4 Å². The third-order valence-electron chi connectivity index (χ3n) is 17.1. The number of nitrogens with one attached hydrogen (secondary N) is 3. The van der Waals surface area contributed by atoms with Crippen LogP contribution < -0.4 is 25.2 Å². The predicted octanol–water partition coefficient (Wildman–Crippen LogP) is 13.3. The molecule has 2 atom stereocenters. The van der Waals surface area contributed by atoms with Crippen molar-refractivity contribution in [3.63, 3.8) is 0 Å². The fourth-order valence-corrected chi connectivity index (χ4v) is 14.8. The summed E-state index contributed by atoms with van der Waals surface area (Å²) in [5, 5.41) is 18.7. The molecule has 0 saturated carbocycles. The lowest BCUT2D eigenvalue weighted by Gasteiger charge is -2.36. The topological polar surface area (TPSA) is 204 Å². The Balaban J connectivity index is 0.912. The molecule has 90 heavy (non-hydrogen) atoms. The maximum absolute atomic E-state index is 14.4. The van der Waals surface area contributed by atoms with Gasteiger partial charge in [0.25, 0.3) is 31.7 Å². The number of thioether (sulfide) groups is 1. The van der Waals surface area contributed by atoms with Crippen molar-refractivity contribution >= 4 is 92.1 Å². The molecule has 0 aromatic heterocycles. The summed E-state index contributed by atoms with van der Waals surface area (Å²) in [5.41, 5.74) is -1.64. The minimum absolute atomic E-state index is 0.00919. The number of carbonyl (C=O) groups is 3. The van der Waals surface area contributed by atoms with Crippen LogP contribution >= 0.6 is 23.4 Å². The Bertz CT molecular complexity index is 3660. The largest absolute Gasteiger partial charge is 0.501 e. The van der Waals surface area contributed by atoms with E-state index in [2.05, 4.69) is 54.3 Å². The summed E-state index contributed by atoms with van der Waals surface area (Å²) in [5.74, 6) is -1.66. The highest BCUT2D eigenvalue weighted by Crippen LogP contribution is 2.41. The number of sulfone groups is 1. The van der Waals surface area contributed by atoms with E-state index in [-0.39, 0.29) is 34.3 Å². The number of piperidine rings is 2. The van der Waals surface area contributed by atoms with Crippen molar-refractivity contribution in [2.45, 2.75) is 110 Å². The van der Waals surface area contributed by atoms with Crippen molar-refractivity contribution < 1.29 is 58.7 Å². The highest BCUT2D eigenvalue weighted by atomic mass is 35.5. The van der Waals surface area contributed by atoms with Crippen LogP contribution in [0.5, 0.6) is 0 Å². The van der Waals surface area contributed by atoms with Gasteiger partial charge in [0, 0.05) is 89.2 Å². The quantitative estimate of drug-likeness (QED) is 0.0239. The molecule has 2 fully saturated rings. The minimum atomic E-state index is -6.14. The molecule has 6 aromatic rings. The second kappa shape index (κ2) is 29.9. The van der Waals surface area contributed by atoms with Crippen molar-refractivity contribution in [2.75, 3.05) is 85.7 Å². The molecule has 0 radical (unpaired) electrons. The molecule has 0 spiro atoms. The summed E-state index contributed by atoms with van der Waals surface area (Å²) >= 11 is 7.68. The van der Waals surface area contributed by atoms with E-state index in [4.69, 9.17) is 20.8 Å². The number of halogens is 4. The Morgan fingerprint density at radius 3 is 1.97 bits per heavy atom. The molecule has 484 valence electrons. The number of alkyl halides is 3. The fraction of sp³-hybridized carbons (Fsp3) is 0.409. The molecule has 2 saturated heterocycles. The Labute approximate surface area is 537 Å². The first-order valence-electron chi connectivity index (χ1n) is 30.1. The monoisotopic (exact) mass is 1330 g/mol. The van der Waals surface area contributed by atoms with Crippen LogP contribution in [0.4, 0.5) is 35.9 Å². The van der Waals surface area contributed by atoms with Gasteiger partial charge in [-0.05, 0) is 196 Å². The highest BCUT2D eigenvalue weighted by molar-refractivity contribution is 7.99. The van der Waals surface area contributed by atoms with Crippen molar-refractivity contribution in [3.8, 4) is 11.1 Å². The summed E-state index contributed by atoms with van der Waals surface area (Å²) < 4.78 is 111. The van der Waals surface area contributed by atoms with Gasteiger partial charge in [0.15, 0.2) is 8.32 Å². The van der Waals surface area contributed by atoms with Crippen LogP contribution in [-0.2, 0) is 33.8 Å². The van der Waals surface area contributed by atoms with Gasteiger partial charge < -0.3 is 39.6 Å². The number of aliphatic hydroxyl groups is 1. The van der Waals surface area contributed by atoms with Crippen molar-refractivity contribution in [2.24, 2.45) is 11.8 Å². The Hall–Kier alpha value is -6.44. The van der Waals surface area contributed by atoms with Gasteiger partial charge in [-0.1, -0.05) is 68.8 Å². The number of carbonyl (C=O) groups excluding carboxylic acids is 3. The van der Waals surface area contributed by atoms with Crippen LogP contribution in [0.1, 0.15) is 92.2 Å². The average Bonchev–Trinajstić information content (AvgIpc) is 0.821. The molecule has 24 heteroatoms. The number of benzene rings is 6. The first-order valence-corrected chi connectivity index (χ1v) is 37.3. The molecule has 0 unspecified atom stereocenters. The van der Waals surface area contributed by atoms with Crippen LogP contribution in [0.3, 0.4) is 0 Å². The molecule has 2 aliphatic heterocycles. The number of sulfonamides is 1. The van der Waals surface area contributed by atoms with Crippen LogP contribution in [0.25, 0.3) is 11.1 Å². The number of hydrogen-bond acceptors (Lipinski definition) is 15. The zero-order valence-electron chi connectivity index (χ0n) is 51.7. The molecule has 2 amide bonds. The normalized spacial score (nSPS) is 15.5. The summed E-state index contributed by atoms with van der Waals surface area (Å²) in [4.78, 5) is 44.7. The molecular weight excluding hydrogens is 1250 g/mol. The average molecular weight is 1330 g/mol. The second-order valence-electron chi connectivity index (χ2n) is 24.3. The Kier molecular flexibility index (Phi) is 23.1. The summed E-state index contributed by atoms with van der Waals surface area (Å²) in [7, 11) is -11.2. The van der Waals surface area contributed by atoms with E-state index in [0.29, 0.717) is 124 Å². The molecular formula is C66H80ClF3N6O10S3Si. The van der Waals surface area contributed by atoms with E-state index in [1.807, 2.05) is 89.5 Å². The van der Waals surface area contributed by atoms with E-state index >= 15 is 0 Å². The number of ether oxygens (including phenoxy) is 1. The summed E-state index contributed by atoms with van der Waals surface area (Å²) in [6.07, 6.45) is 1.84. The van der Waals surface area contributed by atoms with E-state index in [0.717, 1.165) is 33.8 Å². The van der Waals surface area contributed by atoms with Gasteiger partial charge in [-0.15, -0.1) is 11.8 Å². The van der Waals surface area contributed by atoms with Crippen molar-refractivity contribution in [3.05, 3.63) is 161 Å². The Morgan fingerprint density at radius 2 is 1.37 bits per heavy atom. The van der Waals surface area contributed by atoms with Gasteiger partial charge in [0.1, 0.15) is 4.90 Å². The van der Waals surface area contributed by atoms with Crippen molar-refractivity contribution in [1.29, 1.82) is 0 Å². The third-order valence-corrected chi connectivity index (χ3v) is 25.9. The van der Waals surface area contributed by atoms with Crippen LogP contribution in [-0.4, -0.2) is 130 Å². The van der Waals surface area contributed by atoms with E-state index < -0.39 is 67.2 Å². The number of nitrogens with zero attached hydrogens (tertiary/aromatic N) is 3. The number of amides is 2. The smallest absolute Gasteiger partial charge is 0.466 e. The van der Waals surface area contributed by atoms with E-state index in [1.54, 1.807) is 43.3 Å². The number of esters is 1. The van der Waals surface area contributed by atoms with E-state index in [9.17, 15) is 49.5 Å². The van der Waals surface area contributed by atoms with Gasteiger partial charge in [0.2, 0.25) is 0 Å². The lowest BCUT2D eigenvalue weighted by Crippen LogP contribution is -2.42. The number of rotatable bonds is 25. The number of likely N-dealkylation sites (N-methyl/N-ethyl adjacent to an activating group) is 1. The third kappa shape index (κ3) is 17.8. The molecule has 0 aliphatic carbocycles. The molecule has 6 aromatic carbocycles. The molecule has 0 bridgehead atoms. The number of aliphatic hydroxyl groups excluding tert-OH is 1. The zero-order valence-corrected chi connectivity index (χ0v) is 55.9. The first-order chi connectivity index (χ1) is 42.5. The summed E-state index contributed by atoms with van der Waals surface area (Å²) in [6, 6.07) is 37.1. The lowest BCUT2D eigenvalue weighted by molar-refractivity contribution is -0.148. The predicted molar refractivity (Wildman–Crippen MR) is 353 cm³/mol. The standard InChI is InChI=1S/C66H80ClF3N6O10S3Si/c1-8-85-64(80)48-32-38-76(39-33-48)54-25-21-51(22-26-54)72-62(78)49-18-28-57(45-14-19-50(67)20-15-45)58(42-49)61(77)46-30-36-75(37-31-46)53-23-16-47(17-24-53)63(79)73-89(83,84)56-27-29-59(60(43-56)88(81,82)66(68,69)70)71-52(44-87-55-12-10-9-11-13-55)34-35-74(5)40-41-86-90(6,7)65(2,3)4/h9-29,42-43,46,48,52,61,71,77H,8,30-41,44H2,1-7H3,(H,72,78)(H,73,79)/t52-,61+/m1/s1. The molecule has 4 N–H and O–H groups in total. The first kappa shape index (κ1) is 69.4. The maximum atomic E-state index is 14.4. The van der Waals surface area contributed by atoms with Gasteiger partial charge in [0.05, 0.1) is 29.2 Å². The lowest BCUT2D eigenvalue weighted by atomic mass is 9.83. The van der Waals surface area contributed by atoms with Crippen LogP contribution in [0, 0.1) is 11.8 Å². The highest BCUT2D eigenvalue weighted by Gasteiger charge is 2.49. The molecule has 2 heterocycles. The van der Waals surface area contributed by atoms with Gasteiger partial charge in [-0.25, -0.2) is 21.6 Å². The minimum Gasteiger partial charge on any atom is -0.466 e.